The quantitative estimate of drug-likeness (QED) is 0.542. The van der Waals surface area contributed by atoms with Crippen molar-refractivity contribution in [3.05, 3.63) is 71.9 Å². The maximum atomic E-state index is 12.2. The van der Waals surface area contributed by atoms with Crippen molar-refractivity contribution < 1.29 is 9.59 Å². The van der Waals surface area contributed by atoms with Gasteiger partial charge in [0.2, 0.25) is 5.91 Å². The van der Waals surface area contributed by atoms with Gasteiger partial charge in [-0.2, -0.15) is 5.10 Å². The Kier molecular flexibility index (Phi) is 4.70. The number of hydrazone groups is 1. The molecule has 3 aromatic rings. The molecule has 6 heteroatoms. The fourth-order valence-electron chi connectivity index (χ4n) is 3.46. The average molecular weight is 360 g/mol. The Bertz CT molecular complexity index is 994. The molecule has 0 bridgehead atoms. The topological polar surface area (TPSA) is 77.6 Å². The molecule has 2 amide bonds. The zero-order valence-corrected chi connectivity index (χ0v) is 14.8. The van der Waals surface area contributed by atoms with Gasteiger partial charge in [-0.1, -0.05) is 48.5 Å². The Labute approximate surface area is 156 Å². The third-order valence-corrected chi connectivity index (χ3v) is 4.83. The summed E-state index contributed by atoms with van der Waals surface area (Å²) < 4.78 is 0. The fourth-order valence-corrected chi connectivity index (χ4v) is 3.46. The van der Waals surface area contributed by atoms with Crippen molar-refractivity contribution in [3.8, 4) is 0 Å². The van der Waals surface area contributed by atoms with Crippen molar-refractivity contribution in [1.29, 1.82) is 0 Å². The number of aromatic nitrogens is 1. The molecule has 6 nitrogen and oxygen atoms in total. The standard InChI is InChI=1S/C21H20N4O2/c26-20(24-23-12-17-11-22-19-9-5-4-8-18(17)19)14-25-13-16(10-21(25)27)15-6-2-1-3-7-15/h1-9,11-12,16,22H,10,13-14H2,(H,24,26)/b23-12-/t16-/m0/s1. The van der Waals surface area contributed by atoms with Gasteiger partial charge in [0.15, 0.2) is 0 Å². The third kappa shape index (κ3) is 3.74. The second-order valence-electron chi connectivity index (χ2n) is 6.67. The van der Waals surface area contributed by atoms with Gasteiger partial charge < -0.3 is 9.88 Å². The molecule has 1 aromatic heterocycles. The van der Waals surface area contributed by atoms with Gasteiger partial charge in [0, 0.05) is 41.5 Å². The van der Waals surface area contributed by atoms with Crippen LogP contribution in [0.5, 0.6) is 0 Å². The minimum absolute atomic E-state index is 0.000360. The van der Waals surface area contributed by atoms with Gasteiger partial charge in [0.1, 0.15) is 6.54 Å². The molecule has 0 unspecified atom stereocenters. The SMILES string of the molecule is O=C(CN1C[C@@H](c2ccccc2)CC1=O)N/N=C\c1c[nH]c2ccccc12. The molecule has 1 aliphatic rings. The second-order valence-corrected chi connectivity index (χ2v) is 6.67. The summed E-state index contributed by atoms with van der Waals surface area (Å²) in [7, 11) is 0. The van der Waals surface area contributed by atoms with E-state index < -0.39 is 0 Å². The van der Waals surface area contributed by atoms with Crippen LogP contribution in [0.2, 0.25) is 0 Å². The number of carbonyl (C=O) groups is 2. The molecule has 0 spiro atoms. The molecule has 4 rings (SSSR count). The molecule has 1 atom stereocenters. The van der Waals surface area contributed by atoms with Gasteiger partial charge in [-0.25, -0.2) is 5.43 Å². The van der Waals surface area contributed by atoms with E-state index in [1.165, 1.54) is 0 Å². The highest BCUT2D eigenvalue weighted by molar-refractivity contribution is 5.99. The van der Waals surface area contributed by atoms with E-state index in [-0.39, 0.29) is 24.3 Å². The van der Waals surface area contributed by atoms with Crippen molar-refractivity contribution >= 4 is 28.9 Å². The highest BCUT2D eigenvalue weighted by atomic mass is 16.2. The van der Waals surface area contributed by atoms with Crippen molar-refractivity contribution in [2.24, 2.45) is 5.10 Å². The molecule has 1 aliphatic heterocycles. The van der Waals surface area contributed by atoms with Crippen molar-refractivity contribution in [2.45, 2.75) is 12.3 Å². The summed E-state index contributed by atoms with van der Waals surface area (Å²) in [6.07, 6.45) is 3.89. The van der Waals surface area contributed by atoms with Gasteiger partial charge in [-0.05, 0) is 11.6 Å². The van der Waals surface area contributed by atoms with Crippen molar-refractivity contribution in [2.75, 3.05) is 13.1 Å². The summed E-state index contributed by atoms with van der Waals surface area (Å²) in [6.45, 7) is 0.579. The van der Waals surface area contributed by atoms with Crippen molar-refractivity contribution in [1.82, 2.24) is 15.3 Å². The van der Waals surface area contributed by atoms with Gasteiger partial charge in [0.05, 0.1) is 6.21 Å². The van der Waals surface area contributed by atoms with Crippen LogP contribution in [0.1, 0.15) is 23.5 Å². The van der Waals surface area contributed by atoms with E-state index in [9.17, 15) is 9.59 Å². The lowest BCUT2D eigenvalue weighted by atomic mass is 9.99. The number of amides is 2. The first-order valence-corrected chi connectivity index (χ1v) is 8.91. The van der Waals surface area contributed by atoms with Crippen LogP contribution in [0.25, 0.3) is 10.9 Å². The molecule has 2 N–H and O–H groups in total. The lowest BCUT2D eigenvalue weighted by molar-refractivity contribution is -0.133. The van der Waals surface area contributed by atoms with E-state index in [2.05, 4.69) is 15.5 Å². The lowest BCUT2D eigenvalue weighted by Crippen LogP contribution is -2.36. The lowest BCUT2D eigenvalue weighted by Gasteiger charge is -2.15. The van der Waals surface area contributed by atoms with E-state index in [0.717, 1.165) is 22.0 Å². The molecule has 0 aliphatic carbocycles. The first-order chi connectivity index (χ1) is 13.2. The van der Waals surface area contributed by atoms with Gasteiger partial charge in [0.25, 0.3) is 5.91 Å². The number of fused-ring (bicyclic) bond motifs is 1. The molecular formula is C21H20N4O2. The van der Waals surface area contributed by atoms with E-state index in [1.807, 2.05) is 60.8 Å². The molecule has 0 saturated carbocycles. The molecule has 1 saturated heterocycles. The van der Waals surface area contributed by atoms with E-state index in [0.29, 0.717) is 13.0 Å². The number of hydrogen-bond donors (Lipinski definition) is 2. The van der Waals surface area contributed by atoms with Gasteiger partial charge in [-0.3, -0.25) is 9.59 Å². The number of nitrogens with one attached hydrogen (secondary N) is 2. The minimum atomic E-state index is -0.298. The minimum Gasteiger partial charge on any atom is -0.361 e. The van der Waals surface area contributed by atoms with Crippen molar-refractivity contribution in [3.63, 3.8) is 0 Å². The number of aromatic amines is 1. The number of carbonyl (C=O) groups excluding carboxylic acids is 2. The van der Waals surface area contributed by atoms with Gasteiger partial charge >= 0.3 is 0 Å². The highest BCUT2D eigenvalue weighted by Crippen LogP contribution is 2.27. The normalized spacial score (nSPS) is 17.1. The molecule has 2 heterocycles. The van der Waals surface area contributed by atoms with Crippen LogP contribution in [0.4, 0.5) is 0 Å². The van der Waals surface area contributed by atoms with E-state index >= 15 is 0 Å². The first-order valence-electron chi connectivity index (χ1n) is 8.91. The number of rotatable bonds is 5. The van der Waals surface area contributed by atoms with Crippen LogP contribution >= 0.6 is 0 Å². The summed E-state index contributed by atoms with van der Waals surface area (Å²) in [5.41, 5.74) is 5.55. The number of nitrogens with zero attached hydrogens (tertiary/aromatic N) is 2. The average Bonchev–Trinajstić information content (AvgIpc) is 3.27. The summed E-state index contributed by atoms with van der Waals surface area (Å²) in [6, 6.07) is 17.8. The Morgan fingerprint density at radius 1 is 1.19 bits per heavy atom. The Morgan fingerprint density at radius 3 is 2.81 bits per heavy atom. The smallest absolute Gasteiger partial charge is 0.259 e. The number of likely N-dealkylation sites (tertiary alicyclic amines) is 1. The monoisotopic (exact) mass is 360 g/mol. The summed E-state index contributed by atoms with van der Waals surface area (Å²) in [5.74, 6) is -0.158. The molecule has 27 heavy (non-hydrogen) atoms. The van der Waals surface area contributed by atoms with Gasteiger partial charge in [-0.15, -0.1) is 0 Å². The Hall–Kier alpha value is -3.41. The number of H-pyrrole nitrogens is 1. The van der Waals surface area contributed by atoms with Crippen LogP contribution < -0.4 is 5.43 Å². The maximum Gasteiger partial charge on any atom is 0.259 e. The van der Waals surface area contributed by atoms with Crippen LogP contribution in [0.15, 0.2) is 65.9 Å². The predicted octanol–water partition coefficient (Wildman–Crippen LogP) is 2.63. The zero-order valence-electron chi connectivity index (χ0n) is 14.8. The van der Waals surface area contributed by atoms with Crippen LogP contribution in [-0.2, 0) is 9.59 Å². The number of benzene rings is 2. The van der Waals surface area contributed by atoms with Crippen LogP contribution in [-0.4, -0.2) is 41.0 Å². The van der Waals surface area contributed by atoms with E-state index in [4.69, 9.17) is 0 Å². The molecule has 1 fully saturated rings. The Morgan fingerprint density at radius 2 is 1.96 bits per heavy atom. The second kappa shape index (κ2) is 7.45. The number of para-hydroxylation sites is 1. The Balaban J connectivity index is 1.33. The highest BCUT2D eigenvalue weighted by Gasteiger charge is 2.31. The summed E-state index contributed by atoms with van der Waals surface area (Å²) in [5, 5.41) is 5.06. The third-order valence-electron chi connectivity index (χ3n) is 4.83. The predicted molar refractivity (Wildman–Crippen MR) is 104 cm³/mol. The zero-order chi connectivity index (χ0) is 18.6. The maximum absolute atomic E-state index is 12.2. The molecule has 136 valence electrons. The molecule has 2 aromatic carbocycles. The first kappa shape index (κ1) is 17.0. The molecule has 0 radical (unpaired) electrons. The van der Waals surface area contributed by atoms with Crippen LogP contribution in [0.3, 0.4) is 0 Å². The molecular weight excluding hydrogens is 340 g/mol. The summed E-state index contributed by atoms with van der Waals surface area (Å²) in [4.78, 5) is 29.1. The van der Waals surface area contributed by atoms with Crippen LogP contribution in [0, 0.1) is 0 Å². The number of hydrogen-bond acceptors (Lipinski definition) is 3. The largest absolute Gasteiger partial charge is 0.361 e. The fraction of sp³-hybridized carbons (Fsp3) is 0.190. The van der Waals surface area contributed by atoms with E-state index in [1.54, 1.807) is 11.1 Å². The summed E-state index contributed by atoms with van der Waals surface area (Å²) >= 11 is 0.